The summed E-state index contributed by atoms with van der Waals surface area (Å²) in [6, 6.07) is 6.55. The van der Waals surface area contributed by atoms with E-state index in [4.69, 9.17) is 0 Å². The van der Waals surface area contributed by atoms with Gasteiger partial charge < -0.3 is 10.4 Å². The Kier molecular flexibility index (Phi) is 4.03. The first-order chi connectivity index (χ1) is 8.46. The van der Waals surface area contributed by atoms with Crippen LogP contribution in [0.2, 0.25) is 0 Å². The van der Waals surface area contributed by atoms with E-state index in [0.717, 1.165) is 12.0 Å². The minimum absolute atomic E-state index is 0.267. The average Bonchev–Trinajstić information content (AvgIpc) is 2.67. The van der Waals surface area contributed by atoms with Crippen LogP contribution < -0.4 is 5.32 Å². The maximum atomic E-state index is 12.8. The molecule has 0 heterocycles. The summed E-state index contributed by atoms with van der Waals surface area (Å²) < 4.78 is 12.8. The second kappa shape index (κ2) is 5.37. The zero-order chi connectivity index (χ0) is 13.2. The van der Waals surface area contributed by atoms with Gasteiger partial charge in [0.15, 0.2) is 0 Å². The van der Waals surface area contributed by atoms with E-state index < -0.39 is 6.10 Å². The number of hydrogen-bond acceptors (Lipinski definition) is 2. The van der Waals surface area contributed by atoms with Crippen molar-refractivity contribution in [1.82, 2.24) is 5.32 Å². The van der Waals surface area contributed by atoms with Gasteiger partial charge in [0.2, 0.25) is 0 Å². The third kappa shape index (κ3) is 3.53. The first-order valence-corrected chi connectivity index (χ1v) is 6.63. The zero-order valence-electron chi connectivity index (χ0n) is 11.1. The minimum atomic E-state index is -0.561. The quantitative estimate of drug-likeness (QED) is 0.862. The molecule has 18 heavy (non-hydrogen) atoms. The lowest BCUT2D eigenvalue weighted by molar-refractivity contribution is 0.169. The molecular weight excluding hydrogens is 229 g/mol. The van der Waals surface area contributed by atoms with Crippen LogP contribution in [-0.2, 0) is 0 Å². The maximum Gasteiger partial charge on any atom is 0.123 e. The number of aliphatic hydroxyl groups is 1. The molecule has 0 amide bonds. The highest BCUT2D eigenvalue weighted by atomic mass is 19.1. The lowest BCUT2D eigenvalue weighted by Crippen LogP contribution is -2.31. The van der Waals surface area contributed by atoms with Gasteiger partial charge in [-0.15, -0.1) is 0 Å². The van der Waals surface area contributed by atoms with Gasteiger partial charge in [-0.3, -0.25) is 0 Å². The molecule has 2 atom stereocenters. The summed E-state index contributed by atoms with van der Waals surface area (Å²) in [5.74, 6) is -0.267. The summed E-state index contributed by atoms with van der Waals surface area (Å²) >= 11 is 0. The Morgan fingerprint density at radius 3 is 2.61 bits per heavy atom. The molecule has 0 aromatic heterocycles. The average molecular weight is 251 g/mol. The smallest absolute Gasteiger partial charge is 0.123 e. The van der Waals surface area contributed by atoms with Gasteiger partial charge in [0.25, 0.3) is 0 Å². The minimum Gasteiger partial charge on any atom is -0.387 e. The van der Waals surface area contributed by atoms with Crippen LogP contribution in [0.15, 0.2) is 24.3 Å². The zero-order valence-corrected chi connectivity index (χ0v) is 11.1. The molecule has 1 aromatic rings. The number of nitrogens with one attached hydrogen (secondary N) is 1. The van der Waals surface area contributed by atoms with E-state index in [1.165, 1.54) is 25.0 Å². The van der Waals surface area contributed by atoms with Crippen molar-refractivity contribution in [2.45, 2.75) is 45.3 Å². The molecule has 1 aliphatic rings. The van der Waals surface area contributed by atoms with Gasteiger partial charge >= 0.3 is 0 Å². The molecule has 2 nitrogen and oxygen atoms in total. The van der Waals surface area contributed by atoms with Crippen LogP contribution in [0.3, 0.4) is 0 Å². The van der Waals surface area contributed by atoms with Crippen molar-refractivity contribution in [3.63, 3.8) is 0 Å². The molecule has 0 aliphatic heterocycles. The SMILES string of the molecule is CC1(C)CCC(NCC(O)c2ccc(F)cc2)C1. The van der Waals surface area contributed by atoms with E-state index in [2.05, 4.69) is 19.2 Å². The van der Waals surface area contributed by atoms with Gasteiger partial charge in [0, 0.05) is 12.6 Å². The first-order valence-electron chi connectivity index (χ1n) is 6.63. The van der Waals surface area contributed by atoms with Crippen molar-refractivity contribution in [1.29, 1.82) is 0 Å². The van der Waals surface area contributed by atoms with Gasteiger partial charge in [-0.25, -0.2) is 4.39 Å². The highest BCUT2D eigenvalue weighted by molar-refractivity contribution is 5.18. The van der Waals surface area contributed by atoms with Crippen molar-refractivity contribution in [2.24, 2.45) is 5.41 Å². The van der Waals surface area contributed by atoms with E-state index in [9.17, 15) is 9.50 Å². The molecule has 2 unspecified atom stereocenters. The summed E-state index contributed by atoms with van der Waals surface area (Å²) in [5, 5.41) is 13.4. The van der Waals surface area contributed by atoms with Crippen molar-refractivity contribution in [2.75, 3.05) is 6.54 Å². The molecule has 1 fully saturated rings. The standard InChI is InChI=1S/C15H22FNO/c1-15(2)8-7-13(9-15)17-10-14(18)11-3-5-12(16)6-4-11/h3-6,13-14,17-18H,7-10H2,1-2H3. The van der Waals surface area contributed by atoms with Gasteiger partial charge in [-0.1, -0.05) is 26.0 Å². The normalized spacial score (nSPS) is 24.1. The van der Waals surface area contributed by atoms with E-state index in [1.54, 1.807) is 12.1 Å². The molecule has 3 heteroatoms. The summed E-state index contributed by atoms with van der Waals surface area (Å²) in [6.45, 7) is 5.10. The number of rotatable bonds is 4. The van der Waals surface area contributed by atoms with Crippen LogP contribution in [0.25, 0.3) is 0 Å². The summed E-state index contributed by atoms with van der Waals surface area (Å²) in [5.41, 5.74) is 1.18. The summed E-state index contributed by atoms with van der Waals surface area (Å²) in [4.78, 5) is 0. The highest BCUT2D eigenvalue weighted by Gasteiger charge is 2.30. The molecule has 100 valence electrons. The monoisotopic (exact) mass is 251 g/mol. The van der Waals surface area contributed by atoms with Crippen molar-refractivity contribution >= 4 is 0 Å². The fourth-order valence-corrected chi connectivity index (χ4v) is 2.69. The number of aliphatic hydroxyl groups excluding tert-OH is 1. The van der Waals surface area contributed by atoms with Gasteiger partial charge in [0.1, 0.15) is 5.82 Å². The third-order valence-corrected chi connectivity index (χ3v) is 3.82. The number of benzene rings is 1. The first kappa shape index (κ1) is 13.5. The number of hydrogen-bond donors (Lipinski definition) is 2. The largest absolute Gasteiger partial charge is 0.387 e. The molecule has 0 radical (unpaired) electrons. The van der Waals surface area contributed by atoms with Crippen molar-refractivity contribution in [3.05, 3.63) is 35.6 Å². The van der Waals surface area contributed by atoms with Gasteiger partial charge in [0.05, 0.1) is 6.10 Å². The Morgan fingerprint density at radius 1 is 1.39 bits per heavy atom. The van der Waals surface area contributed by atoms with Crippen molar-refractivity contribution < 1.29 is 9.50 Å². The van der Waals surface area contributed by atoms with Crippen LogP contribution in [0.1, 0.15) is 44.8 Å². The van der Waals surface area contributed by atoms with Crippen LogP contribution in [0.4, 0.5) is 4.39 Å². The molecule has 0 spiro atoms. The van der Waals surface area contributed by atoms with Crippen LogP contribution in [-0.4, -0.2) is 17.7 Å². The molecule has 1 aliphatic carbocycles. The van der Waals surface area contributed by atoms with E-state index >= 15 is 0 Å². The second-order valence-electron chi connectivity index (χ2n) is 6.08. The molecule has 1 saturated carbocycles. The van der Waals surface area contributed by atoms with E-state index in [-0.39, 0.29) is 5.82 Å². The Morgan fingerprint density at radius 2 is 2.06 bits per heavy atom. The Bertz CT molecular complexity index is 388. The fourth-order valence-electron chi connectivity index (χ4n) is 2.69. The van der Waals surface area contributed by atoms with E-state index in [1.807, 2.05) is 0 Å². The Balaban J connectivity index is 1.82. The maximum absolute atomic E-state index is 12.8. The number of halogens is 1. The lowest BCUT2D eigenvalue weighted by Gasteiger charge is -2.19. The molecule has 0 bridgehead atoms. The van der Waals surface area contributed by atoms with E-state index in [0.29, 0.717) is 18.0 Å². The molecule has 0 saturated heterocycles. The highest BCUT2D eigenvalue weighted by Crippen LogP contribution is 2.36. The third-order valence-electron chi connectivity index (χ3n) is 3.82. The molecule has 2 N–H and O–H groups in total. The summed E-state index contributed by atoms with van der Waals surface area (Å²) in [6.07, 6.45) is 3.00. The Labute approximate surface area is 108 Å². The fraction of sp³-hybridized carbons (Fsp3) is 0.600. The molecule has 1 aromatic carbocycles. The molecule has 2 rings (SSSR count). The predicted molar refractivity (Wildman–Crippen MR) is 70.8 cm³/mol. The van der Waals surface area contributed by atoms with Crippen LogP contribution in [0.5, 0.6) is 0 Å². The van der Waals surface area contributed by atoms with Crippen LogP contribution in [0, 0.1) is 11.2 Å². The van der Waals surface area contributed by atoms with Crippen molar-refractivity contribution in [3.8, 4) is 0 Å². The Hall–Kier alpha value is -0.930. The van der Waals surface area contributed by atoms with Gasteiger partial charge in [-0.2, -0.15) is 0 Å². The second-order valence-corrected chi connectivity index (χ2v) is 6.08. The lowest BCUT2D eigenvalue weighted by atomic mass is 9.92. The van der Waals surface area contributed by atoms with Gasteiger partial charge in [-0.05, 0) is 42.4 Å². The van der Waals surface area contributed by atoms with Crippen LogP contribution >= 0.6 is 0 Å². The molecular formula is C15H22FNO. The topological polar surface area (TPSA) is 32.3 Å². The summed E-state index contributed by atoms with van der Waals surface area (Å²) in [7, 11) is 0. The predicted octanol–water partition coefficient (Wildman–Crippen LogP) is 3.03.